The van der Waals surface area contributed by atoms with E-state index in [9.17, 15) is 9.59 Å². The molecular weight excluding hydrogens is 306 g/mol. The molecule has 0 saturated heterocycles. The molecule has 0 spiro atoms. The van der Waals surface area contributed by atoms with Gasteiger partial charge in [0.2, 0.25) is 0 Å². The zero-order chi connectivity index (χ0) is 16.1. The third-order valence-corrected chi connectivity index (χ3v) is 3.36. The van der Waals surface area contributed by atoms with Crippen LogP contribution in [0, 0.1) is 0 Å². The van der Waals surface area contributed by atoms with Crippen LogP contribution in [0.1, 0.15) is 23.0 Å². The quantitative estimate of drug-likeness (QED) is 0.855. The van der Waals surface area contributed by atoms with E-state index in [0.717, 1.165) is 11.4 Å². The molecule has 1 aromatic heterocycles. The lowest BCUT2D eigenvalue weighted by molar-refractivity contribution is -0.139. The summed E-state index contributed by atoms with van der Waals surface area (Å²) < 4.78 is 6.16. The lowest BCUT2D eigenvalue weighted by atomic mass is 10.2. The zero-order valence-corrected chi connectivity index (χ0v) is 13.1. The average Bonchev–Trinajstić information content (AvgIpc) is 2.96. The fraction of sp³-hybridized carbons (Fsp3) is 0.267. The number of ether oxygens (including phenoxy) is 1. The number of amides is 1. The van der Waals surface area contributed by atoms with E-state index in [1.165, 1.54) is 13.3 Å². The van der Waals surface area contributed by atoms with Crippen LogP contribution in [0.5, 0.6) is 0 Å². The van der Waals surface area contributed by atoms with Crippen LogP contribution in [0.25, 0.3) is 5.69 Å². The van der Waals surface area contributed by atoms with E-state index in [1.807, 2.05) is 19.1 Å². The second kappa shape index (κ2) is 7.09. The van der Waals surface area contributed by atoms with Gasteiger partial charge in [-0.15, -0.1) is 0 Å². The Morgan fingerprint density at radius 3 is 2.82 bits per heavy atom. The summed E-state index contributed by atoms with van der Waals surface area (Å²) in [6.45, 7) is 1.75. The Morgan fingerprint density at radius 2 is 2.18 bits per heavy atom. The van der Waals surface area contributed by atoms with Gasteiger partial charge >= 0.3 is 5.97 Å². The number of methoxy groups -OCH3 is 1. The first-order chi connectivity index (χ1) is 10.6. The molecule has 1 amide bonds. The summed E-state index contributed by atoms with van der Waals surface area (Å²) in [6.07, 6.45) is 2.08. The molecule has 0 bridgehead atoms. The molecular formula is C15H16ClN3O3. The predicted octanol–water partition coefficient (Wildman–Crippen LogP) is 1.99. The zero-order valence-electron chi connectivity index (χ0n) is 12.3. The lowest BCUT2D eigenvalue weighted by Crippen LogP contribution is -2.30. The van der Waals surface area contributed by atoms with E-state index >= 15 is 0 Å². The molecule has 0 radical (unpaired) electrons. The predicted molar refractivity (Wildman–Crippen MR) is 82.3 cm³/mol. The minimum absolute atomic E-state index is 0.180. The minimum atomic E-state index is -0.506. The molecule has 0 fully saturated rings. The van der Waals surface area contributed by atoms with Gasteiger partial charge in [-0.05, 0) is 24.6 Å². The van der Waals surface area contributed by atoms with Gasteiger partial charge < -0.3 is 10.1 Å². The van der Waals surface area contributed by atoms with Crippen molar-refractivity contribution < 1.29 is 14.3 Å². The molecule has 2 aromatic rings. The van der Waals surface area contributed by atoms with E-state index in [2.05, 4.69) is 15.2 Å². The first kappa shape index (κ1) is 16.0. The standard InChI is InChI=1S/C15H16ClN3O3/c1-3-13-12(15(21)17-9-14(20)22-2)8-18-19(13)11-6-4-5-10(16)7-11/h4-8H,3,9H2,1-2H3,(H,17,21). The Hall–Kier alpha value is -2.34. The fourth-order valence-electron chi connectivity index (χ4n) is 2.05. The van der Waals surface area contributed by atoms with Crippen molar-refractivity contribution in [1.29, 1.82) is 0 Å². The van der Waals surface area contributed by atoms with Crippen LogP contribution < -0.4 is 5.32 Å². The van der Waals surface area contributed by atoms with Gasteiger partial charge in [0.15, 0.2) is 0 Å². The number of hydrogen-bond donors (Lipinski definition) is 1. The number of carbonyl (C=O) groups excluding carboxylic acids is 2. The summed E-state index contributed by atoms with van der Waals surface area (Å²) in [5.41, 5.74) is 1.94. The molecule has 116 valence electrons. The molecule has 0 saturated carbocycles. The van der Waals surface area contributed by atoms with Crippen molar-refractivity contribution in [2.45, 2.75) is 13.3 Å². The minimum Gasteiger partial charge on any atom is -0.468 e. The molecule has 22 heavy (non-hydrogen) atoms. The van der Waals surface area contributed by atoms with Crippen molar-refractivity contribution in [3.05, 3.63) is 46.7 Å². The number of aromatic nitrogens is 2. The molecule has 6 nitrogen and oxygen atoms in total. The molecule has 0 aliphatic carbocycles. The summed E-state index contributed by atoms with van der Waals surface area (Å²) in [6, 6.07) is 7.21. The maximum absolute atomic E-state index is 12.2. The van der Waals surface area contributed by atoms with Crippen molar-refractivity contribution in [3.8, 4) is 5.69 Å². The third kappa shape index (κ3) is 3.46. The first-order valence-electron chi connectivity index (χ1n) is 6.74. The fourth-order valence-corrected chi connectivity index (χ4v) is 2.24. The molecule has 0 unspecified atom stereocenters. The molecule has 1 aromatic carbocycles. The van der Waals surface area contributed by atoms with Gasteiger partial charge in [0.05, 0.1) is 30.3 Å². The van der Waals surface area contributed by atoms with Gasteiger partial charge in [-0.2, -0.15) is 5.10 Å². The highest BCUT2D eigenvalue weighted by molar-refractivity contribution is 6.30. The summed E-state index contributed by atoms with van der Waals surface area (Å²) >= 11 is 5.99. The van der Waals surface area contributed by atoms with Crippen molar-refractivity contribution >= 4 is 23.5 Å². The van der Waals surface area contributed by atoms with Crippen LogP contribution >= 0.6 is 11.6 Å². The topological polar surface area (TPSA) is 73.2 Å². The summed E-state index contributed by atoms with van der Waals surface area (Å²) in [5.74, 6) is -0.871. The summed E-state index contributed by atoms with van der Waals surface area (Å²) in [7, 11) is 1.27. The van der Waals surface area contributed by atoms with E-state index in [1.54, 1.807) is 16.8 Å². The number of rotatable bonds is 5. The van der Waals surface area contributed by atoms with Gasteiger partial charge in [0.25, 0.3) is 5.91 Å². The maximum Gasteiger partial charge on any atom is 0.325 e. The second-order valence-corrected chi connectivity index (χ2v) is 4.95. The van der Waals surface area contributed by atoms with Crippen molar-refractivity contribution in [1.82, 2.24) is 15.1 Å². The Balaban J connectivity index is 2.27. The third-order valence-electron chi connectivity index (χ3n) is 3.12. The number of esters is 1. The number of nitrogens with zero attached hydrogens (tertiary/aromatic N) is 2. The Morgan fingerprint density at radius 1 is 1.41 bits per heavy atom. The van der Waals surface area contributed by atoms with Gasteiger partial charge in [-0.3, -0.25) is 9.59 Å². The number of nitrogens with one attached hydrogen (secondary N) is 1. The van der Waals surface area contributed by atoms with Crippen molar-refractivity contribution in [3.63, 3.8) is 0 Å². The van der Waals surface area contributed by atoms with Gasteiger partial charge in [-0.25, -0.2) is 4.68 Å². The average molecular weight is 322 g/mol. The number of benzene rings is 1. The van der Waals surface area contributed by atoms with E-state index < -0.39 is 5.97 Å². The Labute approximate surface area is 133 Å². The molecule has 7 heteroatoms. The smallest absolute Gasteiger partial charge is 0.325 e. The Bertz CT molecular complexity index is 697. The highest BCUT2D eigenvalue weighted by atomic mass is 35.5. The van der Waals surface area contributed by atoms with Crippen LogP contribution in [0.2, 0.25) is 5.02 Å². The van der Waals surface area contributed by atoms with Crippen LogP contribution in [-0.4, -0.2) is 35.3 Å². The molecule has 0 atom stereocenters. The maximum atomic E-state index is 12.2. The van der Waals surface area contributed by atoms with E-state index in [0.29, 0.717) is 17.0 Å². The first-order valence-corrected chi connectivity index (χ1v) is 7.12. The highest BCUT2D eigenvalue weighted by Gasteiger charge is 2.17. The summed E-state index contributed by atoms with van der Waals surface area (Å²) in [4.78, 5) is 23.3. The molecule has 1 heterocycles. The van der Waals surface area contributed by atoms with E-state index in [-0.39, 0.29) is 12.5 Å². The van der Waals surface area contributed by atoms with Gasteiger partial charge in [0, 0.05) is 5.02 Å². The highest BCUT2D eigenvalue weighted by Crippen LogP contribution is 2.19. The molecule has 1 N–H and O–H groups in total. The van der Waals surface area contributed by atoms with E-state index in [4.69, 9.17) is 11.6 Å². The second-order valence-electron chi connectivity index (χ2n) is 4.51. The van der Waals surface area contributed by atoms with Gasteiger partial charge in [-0.1, -0.05) is 24.6 Å². The largest absolute Gasteiger partial charge is 0.468 e. The SMILES string of the molecule is CCc1c(C(=O)NCC(=O)OC)cnn1-c1cccc(Cl)c1. The van der Waals surface area contributed by atoms with Gasteiger partial charge in [0.1, 0.15) is 6.54 Å². The Kier molecular flexibility index (Phi) is 5.16. The molecule has 2 rings (SSSR count). The number of halogens is 1. The van der Waals surface area contributed by atoms with Crippen LogP contribution in [0.3, 0.4) is 0 Å². The monoisotopic (exact) mass is 321 g/mol. The molecule has 0 aliphatic heterocycles. The van der Waals surface area contributed by atoms with Crippen LogP contribution in [0.15, 0.2) is 30.5 Å². The van der Waals surface area contributed by atoms with Crippen LogP contribution in [-0.2, 0) is 16.0 Å². The van der Waals surface area contributed by atoms with Crippen molar-refractivity contribution in [2.75, 3.05) is 13.7 Å². The summed E-state index contributed by atoms with van der Waals surface area (Å²) in [5, 5.41) is 7.34. The number of carbonyl (C=O) groups is 2. The number of hydrogen-bond acceptors (Lipinski definition) is 4. The van der Waals surface area contributed by atoms with Crippen LogP contribution in [0.4, 0.5) is 0 Å². The molecule has 0 aliphatic rings. The normalized spacial score (nSPS) is 10.3. The lowest BCUT2D eigenvalue weighted by Gasteiger charge is -2.08. The van der Waals surface area contributed by atoms with Crippen molar-refractivity contribution in [2.24, 2.45) is 0 Å².